The zero-order chi connectivity index (χ0) is 14.8. The van der Waals surface area contributed by atoms with Crippen LogP contribution in [0.1, 0.15) is 15.9 Å². The van der Waals surface area contributed by atoms with Gasteiger partial charge in [0.2, 0.25) is 0 Å². The first-order valence-corrected chi connectivity index (χ1v) is 6.33. The molecule has 21 heavy (non-hydrogen) atoms. The van der Waals surface area contributed by atoms with E-state index in [1.54, 1.807) is 12.1 Å². The number of aromatic nitrogens is 4. The molecule has 0 amide bonds. The Labute approximate surface area is 120 Å². The Morgan fingerprint density at radius 2 is 1.95 bits per heavy atom. The van der Waals surface area contributed by atoms with E-state index in [9.17, 15) is 9.90 Å². The van der Waals surface area contributed by atoms with Crippen molar-refractivity contribution in [2.45, 2.75) is 6.92 Å². The van der Waals surface area contributed by atoms with Crippen molar-refractivity contribution in [3.8, 4) is 16.8 Å². The van der Waals surface area contributed by atoms with Crippen LogP contribution < -0.4 is 0 Å². The summed E-state index contributed by atoms with van der Waals surface area (Å²) in [6.45, 7) is 2.00. The Morgan fingerprint density at radius 3 is 2.62 bits per heavy atom. The van der Waals surface area contributed by atoms with E-state index in [-0.39, 0.29) is 5.56 Å². The van der Waals surface area contributed by atoms with Crippen molar-refractivity contribution in [3.63, 3.8) is 0 Å². The van der Waals surface area contributed by atoms with E-state index in [2.05, 4.69) is 15.5 Å². The van der Waals surface area contributed by atoms with Crippen molar-refractivity contribution in [2.75, 3.05) is 0 Å². The summed E-state index contributed by atoms with van der Waals surface area (Å²) in [7, 11) is 0. The van der Waals surface area contributed by atoms with Crippen molar-refractivity contribution >= 4 is 5.97 Å². The molecule has 0 bridgehead atoms. The van der Waals surface area contributed by atoms with Crippen LogP contribution in [0.15, 0.2) is 48.8 Å². The molecule has 0 saturated heterocycles. The minimum absolute atomic E-state index is 0.154. The Balaban J connectivity index is 2.14. The number of rotatable bonds is 3. The molecular formula is C15H12N4O2. The van der Waals surface area contributed by atoms with Crippen LogP contribution >= 0.6 is 0 Å². The van der Waals surface area contributed by atoms with Crippen LogP contribution in [-0.4, -0.2) is 31.3 Å². The standard InChI is InChI=1S/C15H12N4O2/c1-10-3-2-4-11(7-10)12-5-6-14(13(8-12)15(20)21)19-9-16-17-18-19/h2-9H,1H3,(H,20,21). The van der Waals surface area contributed by atoms with Gasteiger partial charge in [0, 0.05) is 0 Å². The van der Waals surface area contributed by atoms with Gasteiger partial charge in [0.05, 0.1) is 11.3 Å². The summed E-state index contributed by atoms with van der Waals surface area (Å²) in [6.07, 6.45) is 1.37. The first kappa shape index (κ1) is 13.0. The van der Waals surface area contributed by atoms with Crippen LogP contribution in [-0.2, 0) is 0 Å². The van der Waals surface area contributed by atoms with Gasteiger partial charge in [0.15, 0.2) is 0 Å². The average molecular weight is 280 g/mol. The van der Waals surface area contributed by atoms with Crippen molar-refractivity contribution in [2.24, 2.45) is 0 Å². The summed E-state index contributed by atoms with van der Waals surface area (Å²) in [5.74, 6) is -1.02. The number of nitrogens with zero attached hydrogens (tertiary/aromatic N) is 4. The second-order valence-electron chi connectivity index (χ2n) is 4.66. The van der Waals surface area contributed by atoms with Gasteiger partial charge in [-0.05, 0) is 40.6 Å². The minimum atomic E-state index is -1.02. The summed E-state index contributed by atoms with van der Waals surface area (Å²) >= 11 is 0. The van der Waals surface area contributed by atoms with Crippen molar-refractivity contribution in [3.05, 3.63) is 59.9 Å². The van der Waals surface area contributed by atoms with Crippen LogP contribution in [0.4, 0.5) is 0 Å². The maximum atomic E-state index is 11.5. The van der Waals surface area contributed by atoms with Gasteiger partial charge in [0.1, 0.15) is 6.33 Å². The molecule has 0 aliphatic heterocycles. The molecular weight excluding hydrogens is 268 g/mol. The van der Waals surface area contributed by atoms with Crippen molar-refractivity contribution < 1.29 is 9.90 Å². The van der Waals surface area contributed by atoms with Gasteiger partial charge in [-0.1, -0.05) is 35.9 Å². The average Bonchev–Trinajstić information content (AvgIpc) is 3.00. The zero-order valence-electron chi connectivity index (χ0n) is 11.3. The molecule has 0 saturated carbocycles. The summed E-state index contributed by atoms with van der Waals surface area (Å²) in [6, 6.07) is 13.1. The lowest BCUT2D eigenvalue weighted by atomic mass is 10.0. The lowest BCUT2D eigenvalue weighted by Gasteiger charge is -2.08. The maximum Gasteiger partial charge on any atom is 0.337 e. The van der Waals surface area contributed by atoms with E-state index in [4.69, 9.17) is 0 Å². The van der Waals surface area contributed by atoms with E-state index < -0.39 is 5.97 Å². The third kappa shape index (κ3) is 2.51. The molecule has 0 unspecified atom stereocenters. The zero-order valence-corrected chi connectivity index (χ0v) is 11.3. The summed E-state index contributed by atoms with van der Waals surface area (Å²) in [4.78, 5) is 11.5. The van der Waals surface area contributed by atoms with E-state index in [0.29, 0.717) is 5.69 Å². The first-order valence-electron chi connectivity index (χ1n) is 6.33. The molecule has 6 heteroatoms. The van der Waals surface area contributed by atoms with Crippen LogP contribution in [0.5, 0.6) is 0 Å². The summed E-state index contributed by atoms with van der Waals surface area (Å²) < 4.78 is 1.34. The van der Waals surface area contributed by atoms with E-state index in [1.165, 1.54) is 11.0 Å². The second-order valence-corrected chi connectivity index (χ2v) is 4.66. The molecule has 3 aromatic rings. The molecule has 1 aromatic heterocycles. The molecule has 0 spiro atoms. The largest absolute Gasteiger partial charge is 0.478 e. The molecule has 0 aliphatic rings. The Bertz CT molecular complexity index is 797. The van der Waals surface area contributed by atoms with E-state index in [0.717, 1.165) is 16.7 Å². The van der Waals surface area contributed by atoms with Gasteiger partial charge in [0.25, 0.3) is 0 Å². The molecule has 2 aromatic carbocycles. The predicted octanol–water partition coefficient (Wildman–Crippen LogP) is 2.34. The van der Waals surface area contributed by atoms with Crippen LogP contribution in [0, 0.1) is 6.92 Å². The van der Waals surface area contributed by atoms with Gasteiger partial charge in [-0.3, -0.25) is 0 Å². The van der Waals surface area contributed by atoms with Gasteiger partial charge in [-0.15, -0.1) is 5.10 Å². The number of hydrogen-bond acceptors (Lipinski definition) is 4. The molecule has 0 aliphatic carbocycles. The number of carboxylic acid groups (broad SMARTS) is 1. The number of aryl methyl sites for hydroxylation is 1. The molecule has 104 valence electrons. The molecule has 1 heterocycles. The lowest BCUT2D eigenvalue weighted by molar-refractivity contribution is 0.0697. The second kappa shape index (κ2) is 5.16. The number of benzene rings is 2. The third-order valence-electron chi connectivity index (χ3n) is 3.17. The number of aromatic carboxylic acids is 1. The minimum Gasteiger partial charge on any atom is -0.478 e. The summed E-state index contributed by atoms with van der Waals surface area (Å²) in [5, 5.41) is 20.2. The SMILES string of the molecule is Cc1cccc(-c2ccc(-n3cnnn3)c(C(=O)O)c2)c1. The van der Waals surface area contributed by atoms with Gasteiger partial charge in [-0.25, -0.2) is 4.79 Å². The fourth-order valence-corrected chi connectivity index (χ4v) is 2.18. The highest BCUT2D eigenvalue weighted by molar-refractivity contribution is 5.93. The van der Waals surface area contributed by atoms with E-state index in [1.807, 2.05) is 37.3 Å². The number of tetrazole rings is 1. The fraction of sp³-hybridized carbons (Fsp3) is 0.0667. The fourth-order valence-electron chi connectivity index (χ4n) is 2.18. The predicted molar refractivity (Wildman–Crippen MR) is 76.3 cm³/mol. The van der Waals surface area contributed by atoms with Crippen molar-refractivity contribution in [1.29, 1.82) is 0 Å². The number of carboxylic acids is 1. The first-order chi connectivity index (χ1) is 10.1. The molecule has 0 atom stereocenters. The molecule has 0 fully saturated rings. The normalized spacial score (nSPS) is 10.5. The molecule has 1 N–H and O–H groups in total. The third-order valence-corrected chi connectivity index (χ3v) is 3.17. The smallest absolute Gasteiger partial charge is 0.337 e. The monoisotopic (exact) mass is 280 g/mol. The summed E-state index contributed by atoms with van der Waals surface area (Å²) in [5.41, 5.74) is 3.52. The number of hydrogen-bond donors (Lipinski definition) is 1. The topological polar surface area (TPSA) is 80.9 Å². The lowest BCUT2D eigenvalue weighted by Crippen LogP contribution is -2.06. The number of carbonyl (C=O) groups is 1. The van der Waals surface area contributed by atoms with E-state index >= 15 is 0 Å². The molecule has 0 radical (unpaired) electrons. The highest BCUT2D eigenvalue weighted by Crippen LogP contribution is 2.25. The highest BCUT2D eigenvalue weighted by Gasteiger charge is 2.14. The van der Waals surface area contributed by atoms with Crippen LogP contribution in [0.2, 0.25) is 0 Å². The molecule has 3 rings (SSSR count). The maximum absolute atomic E-state index is 11.5. The molecule has 6 nitrogen and oxygen atoms in total. The van der Waals surface area contributed by atoms with Crippen molar-refractivity contribution in [1.82, 2.24) is 20.2 Å². The highest BCUT2D eigenvalue weighted by atomic mass is 16.4. The van der Waals surface area contributed by atoms with Gasteiger partial charge < -0.3 is 5.11 Å². The Kier molecular flexibility index (Phi) is 3.19. The Morgan fingerprint density at radius 1 is 1.14 bits per heavy atom. The Hall–Kier alpha value is -3.02. The van der Waals surface area contributed by atoms with Gasteiger partial charge >= 0.3 is 5.97 Å². The van der Waals surface area contributed by atoms with Gasteiger partial charge in [-0.2, -0.15) is 4.68 Å². The van der Waals surface area contributed by atoms with Crippen LogP contribution in [0.3, 0.4) is 0 Å². The van der Waals surface area contributed by atoms with Crippen LogP contribution in [0.25, 0.3) is 16.8 Å². The quantitative estimate of drug-likeness (QED) is 0.796.